The number of amides is 1. The zero-order valence-corrected chi connectivity index (χ0v) is 11.3. The van der Waals surface area contributed by atoms with E-state index in [9.17, 15) is 4.79 Å². The lowest BCUT2D eigenvalue weighted by atomic mass is 10.2. The fourth-order valence-electron chi connectivity index (χ4n) is 1.35. The van der Waals surface area contributed by atoms with Crippen molar-refractivity contribution in [2.45, 2.75) is 45.1 Å². The molecule has 1 amide bonds. The number of nitrogens with zero attached hydrogens (tertiary/aromatic N) is 1. The van der Waals surface area contributed by atoms with Gasteiger partial charge in [-0.2, -0.15) is 0 Å². The van der Waals surface area contributed by atoms with Gasteiger partial charge in [0.25, 0.3) is 5.91 Å². The summed E-state index contributed by atoms with van der Waals surface area (Å²) in [5.41, 5.74) is 0.821. The summed E-state index contributed by atoms with van der Waals surface area (Å²) in [6.45, 7) is 5.85. The zero-order valence-electron chi connectivity index (χ0n) is 10.4. The normalized spacial score (nSPS) is 15.9. The Bertz CT molecular complexity index is 405. The molecule has 5 heteroatoms. The summed E-state index contributed by atoms with van der Waals surface area (Å²) >= 11 is 1.48. The van der Waals surface area contributed by atoms with Gasteiger partial charge in [0.15, 0.2) is 5.13 Å². The highest BCUT2D eigenvalue weighted by atomic mass is 32.1. The van der Waals surface area contributed by atoms with Crippen molar-refractivity contribution in [1.29, 1.82) is 0 Å². The number of thiazole rings is 1. The molecule has 0 spiro atoms. The van der Waals surface area contributed by atoms with Gasteiger partial charge < -0.3 is 4.74 Å². The average molecular weight is 254 g/mol. The molecule has 1 aromatic rings. The smallest absolute Gasteiger partial charge is 0.252 e. The first-order valence-electron chi connectivity index (χ1n) is 5.83. The third kappa shape index (κ3) is 4.09. The van der Waals surface area contributed by atoms with Crippen LogP contribution in [-0.4, -0.2) is 23.1 Å². The van der Waals surface area contributed by atoms with E-state index in [1.165, 1.54) is 24.2 Å². The molecule has 1 saturated carbocycles. The van der Waals surface area contributed by atoms with Crippen molar-refractivity contribution in [2.24, 2.45) is 0 Å². The fraction of sp³-hybridized carbons (Fsp3) is 0.667. The predicted octanol–water partition coefficient (Wildman–Crippen LogP) is 2.77. The monoisotopic (exact) mass is 254 g/mol. The quantitative estimate of drug-likeness (QED) is 0.899. The summed E-state index contributed by atoms with van der Waals surface area (Å²) in [5.74, 6) is 0.486. The predicted molar refractivity (Wildman–Crippen MR) is 68.4 cm³/mol. The van der Waals surface area contributed by atoms with Crippen LogP contribution in [0.25, 0.3) is 0 Å². The Morgan fingerprint density at radius 2 is 2.29 bits per heavy atom. The van der Waals surface area contributed by atoms with Gasteiger partial charge in [-0.05, 0) is 33.6 Å². The van der Waals surface area contributed by atoms with Crippen molar-refractivity contribution in [3.63, 3.8) is 0 Å². The molecule has 1 aromatic heterocycles. The minimum atomic E-state index is -0.292. The van der Waals surface area contributed by atoms with E-state index in [0.717, 1.165) is 5.69 Å². The molecule has 0 aromatic carbocycles. The highest BCUT2D eigenvalue weighted by molar-refractivity contribution is 7.13. The minimum Gasteiger partial charge on any atom is -0.366 e. The number of rotatable bonds is 4. The summed E-state index contributed by atoms with van der Waals surface area (Å²) in [6.07, 6.45) is 2.45. The van der Waals surface area contributed by atoms with Crippen molar-refractivity contribution in [1.82, 2.24) is 4.98 Å². The molecule has 1 N–H and O–H groups in total. The number of anilines is 1. The van der Waals surface area contributed by atoms with Crippen molar-refractivity contribution < 1.29 is 9.53 Å². The molecule has 2 rings (SSSR count). The largest absolute Gasteiger partial charge is 0.366 e. The summed E-state index contributed by atoms with van der Waals surface area (Å²) in [5, 5.41) is 5.46. The number of carbonyl (C=O) groups excluding carboxylic acids is 1. The van der Waals surface area contributed by atoms with Crippen LogP contribution < -0.4 is 5.32 Å². The lowest BCUT2D eigenvalue weighted by Crippen LogP contribution is -2.27. The Kier molecular flexibility index (Phi) is 3.49. The van der Waals surface area contributed by atoms with Gasteiger partial charge in [-0.1, -0.05) is 0 Å². The van der Waals surface area contributed by atoms with Crippen LogP contribution in [0.2, 0.25) is 0 Å². The lowest BCUT2D eigenvalue weighted by molar-refractivity contribution is -0.125. The molecule has 0 atom stereocenters. The summed E-state index contributed by atoms with van der Waals surface area (Å²) in [7, 11) is 0. The first kappa shape index (κ1) is 12.5. The molecule has 0 aliphatic heterocycles. The highest BCUT2D eigenvalue weighted by Crippen LogP contribution is 2.40. The van der Waals surface area contributed by atoms with Gasteiger partial charge in [-0.3, -0.25) is 10.1 Å². The molecule has 1 aliphatic rings. The number of hydrogen-bond donors (Lipinski definition) is 1. The van der Waals surface area contributed by atoms with Crippen LogP contribution in [-0.2, 0) is 9.53 Å². The van der Waals surface area contributed by atoms with E-state index >= 15 is 0 Å². The van der Waals surface area contributed by atoms with E-state index in [1.807, 2.05) is 26.2 Å². The van der Waals surface area contributed by atoms with E-state index in [0.29, 0.717) is 11.0 Å². The summed E-state index contributed by atoms with van der Waals surface area (Å²) in [4.78, 5) is 16.0. The van der Waals surface area contributed by atoms with Crippen molar-refractivity contribution in [2.75, 3.05) is 11.9 Å². The molecule has 0 saturated heterocycles. The molecule has 4 nitrogen and oxygen atoms in total. The molecule has 0 unspecified atom stereocenters. The molecule has 94 valence electrons. The van der Waals surface area contributed by atoms with Gasteiger partial charge in [0.2, 0.25) is 0 Å². The molecule has 1 fully saturated rings. The minimum absolute atomic E-state index is 0.0713. The Morgan fingerprint density at radius 3 is 2.88 bits per heavy atom. The average Bonchev–Trinajstić information content (AvgIpc) is 2.97. The topological polar surface area (TPSA) is 51.2 Å². The van der Waals surface area contributed by atoms with Crippen molar-refractivity contribution in [3.8, 4) is 0 Å². The van der Waals surface area contributed by atoms with E-state index in [-0.39, 0.29) is 18.1 Å². The number of nitrogens with one attached hydrogen (secondary N) is 1. The van der Waals surface area contributed by atoms with Crippen LogP contribution in [0.5, 0.6) is 0 Å². The Balaban J connectivity index is 1.80. The van der Waals surface area contributed by atoms with Crippen molar-refractivity contribution >= 4 is 22.4 Å². The highest BCUT2D eigenvalue weighted by Gasteiger charge is 2.26. The van der Waals surface area contributed by atoms with Crippen LogP contribution in [0.3, 0.4) is 0 Å². The Labute approximate surface area is 105 Å². The van der Waals surface area contributed by atoms with Crippen LogP contribution >= 0.6 is 11.3 Å². The first-order valence-corrected chi connectivity index (χ1v) is 6.71. The van der Waals surface area contributed by atoms with E-state index in [1.54, 1.807) is 0 Å². The third-order valence-electron chi connectivity index (χ3n) is 2.40. The number of aromatic nitrogens is 1. The van der Waals surface area contributed by atoms with E-state index in [4.69, 9.17) is 4.74 Å². The van der Waals surface area contributed by atoms with E-state index < -0.39 is 0 Å². The number of ether oxygens (including phenoxy) is 1. The van der Waals surface area contributed by atoms with Gasteiger partial charge in [-0.15, -0.1) is 11.3 Å². The van der Waals surface area contributed by atoms with Gasteiger partial charge in [0.1, 0.15) is 6.61 Å². The standard InChI is InChI=1S/C12H18N2O2S/c1-12(2,3)16-6-10(15)14-11-13-9(7-17-11)8-4-5-8/h7-8H,4-6H2,1-3H3,(H,13,14,15). The van der Waals surface area contributed by atoms with Crippen LogP contribution in [0.1, 0.15) is 45.2 Å². The second-order valence-corrected chi connectivity index (χ2v) is 6.16. The molecule has 0 radical (unpaired) electrons. The third-order valence-corrected chi connectivity index (χ3v) is 3.18. The van der Waals surface area contributed by atoms with Crippen LogP contribution in [0.15, 0.2) is 5.38 Å². The molecule has 0 bridgehead atoms. The second kappa shape index (κ2) is 4.74. The lowest BCUT2D eigenvalue weighted by Gasteiger charge is -2.18. The number of carbonyl (C=O) groups is 1. The Hall–Kier alpha value is -0.940. The molecular weight excluding hydrogens is 236 g/mol. The zero-order chi connectivity index (χ0) is 12.5. The summed E-state index contributed by atoms with van der Waals surface area (Å²) < 4.78 is 5.39. The Morgan fingerprint density at radius 1 is 1.59 bits per heavy atom. The maximum absolute atomic E-state index is 11.6. The van der Waals surface area contributed by atoms with E-state index in [2.05, 4.69) is 10.3 Å². The van der Waals surface area contributed by atoms with Crippen molar-refractivity contribution in [3.05, 3.63) is 11.1 Å². The SMILES string of the molecule is CC(C)(C)OCC(=O)Nc1nc(C2CC2)cs1. The molecule has 1 heterocycles. The van der Waals surface area contributed by atoms with Gasteiger partial charge in [-0.25, -0.2) is 4.98 Å². The second-order valence-electron chi connectivity index (χ2n) is 5.30. The summed E-state index contributed by atoms with van der Waals surface area (Å²) in [6, 6.07) is 0. The molecule has 1 aliphatic carbocycles. The van der Waals surface area contributed by atoms with Crippen LogP contribution in [0, 0.1) is 0 Å². The van der Waals surface area contributed by atoms with Gasteiger partial charge >= 0.3 is 0 Å². The van der Waals surface area contributed by atoms with Gasteiger partial charge in [0, 0.05) is 11.3 Å². The van der Waals surface area contributed by atoms with Gasteiger partial charge in [0.05, 0.1) is 11.3 Å². The maximum Gasteiger partial charge on any atom is 0.252 e. The fourth-order valence-corrected chi connectivity index (χ4v) is 2.16. The van der Waals surface area contributed by atoms with Crippen LogP contribution in [0.4, 0.5) is 5.13 Å². The molecular formula is C12H18N2O2S. The molecule has 17 heavy (non-hydrogen) atoms. The first-order chi connectivity index (χ1) is 7.94. The number of hydrogen-bond acceptors (Lipinski definition) is 4. The maximum atomic E-state index is 11.6.